The summed E-state index contributed by atoms with van der Waals surface area (Å²) in [5.41, 5.74) is 2.39. The number of piperazine rings is 1. The van der Waals surface area contributed by atoms with E-state index in [0.29, 0.717) is 11.3 Å². The molecule has 140 valence electrons. The second kappa shape index (κ2) is 8.56. The molecule has 3 rings (SSSR count). The van der Waals surface area contributed by atoms with Gasteiger partial charge in [0.2, 0.25) is 0 Å². The maximum atomic E-state index is 12.6. The number of methoxy groups -OCH3 is 1. The predicted octanol–water partition coefficient (Wildman–Crippen LogP) is 1.30. The Balaban J connectivity index is 1.54. The van der Waals surface area contributed by atoms with Crippen LogP contribution in [0, 0.1) is 11.3 Å². The zero-order valence-electron chi connectivity index (χ0n) is 15.7. The molecule has 1 aliphatic heterocycles. The van der Waals surface area contributed by atoms with Crippen molar-refractivity contribution >= 4 is 17.3 Å². The molecule has 1 atom stereocenters. The van der Waals surface area contributed by atoms with Crippen LogP contribution in [0.25, 0.3) is 0 Å². The summed E-state index contributed by atoms with van der Waals surface area (Å²) in [5, 5.41) is 11.9. The molecule has 2 N–H and O–H groups in total. The summed E-state index contributed by atoms with van der Waals surface area (Å²) in [7, 11) is 1.67. The fourth-order valence-electron chi connectivity index (χ4n) is 3.38. The second-order valence-corrected chi connectivity index (χ2v) is 6.75. The Bertz CT molecular complexity index is 821. The van der Waals surface area contributed by atoms with Gasteiger partial charge in [0, 0.05) is 11.4 Å². The quantitative estimate of drug-likeness (QED) is 0.838. The molecule has 0 bridgehead atoms. The SMILES string of the molecule is COc1ccc(N2CC[NH+]([C@H](C)C(=O)Nc3cccc(C#N)c3)CC2)cc1. The molecule has 0 radical (unpaired) electrons. The van der Waals surface area contributed by atoms with Crippen LogP contribution in [-0.2, 0) is 4.79 Å². The molecule has 0 saturated carbocycles. The van der Waals surface area contributed by atoms with Crippen molar-refractivity contribution in [2.75, 3.05) is 43.5 Å². The summed E-state index contributed by atoms with van der Waals surface area (Å²) < 4.78 is 5.21. The van der Waals surface area contributed by atoms with Crippen LogP contribution in [0.4, 0.5) is 11.4 Å². The van der Waals surface area contributed by atoms with Gasteiger partial charge in [0.15, 0.2) is 6.04 Å². The van der Waals surface area contributed by atoms with E-state index in [4.69, 9.17) is 10.00 Å². The number of amides is 1. The average molecular weight is 365 g/mol. The number of ether oxygens (including phenoxy) is 1. The van der Waals surface area contributed by atoms with Crippen LogP contribution in [-0.4, -0.2) is 45.2 Å². The van der Waals surface area contributed by atoms with Crippen molar-refractivity contribution in [3.05, 3.63) is 54.1 Å². The van der Waals surface area contributed by atoms with Gasteiger partial charge < -0.3 is 19.9 Å². The molecule has 27 heavy (non-hydrogen) atoms. The fraction of sp³-hybridized carbons (Fsp3) is 0.333. The third-order valence-corrected chi connectivity index (χ3v) is 5.11. The van der Waals surface area contributed by atoms with Crippen molar-refractivity contribution in [2.24, 2.45) is 0 Å². The molecule has 2 aromatic carbocycles. The van der Waals surface area contributed by atoms with E-state index in [0.717, 1.165) is 31.9 Å². The standard InChI is InChI=1S/C21H24N4O2/c1-16(21(26)23-18-5-3-4-17(14-18)15-22)24-10-12-25(13-11-24)19-6-8-20(27-2)9-7-19/h3-9,14,16H,10-13H2,1-2H3,(H,23,26)/p+1/t16-/m1/s1. The van der Waals surface area contributed by atoms with E-state index < -0.39 is 0 Å². The monoisotopic (exact) mass is 365 g/mol. The second-order valence-electron chi connectivity index (χ2n) is 6.75. The smallest absolute Gasteiger partial charge is 0.282 e. The average Bonchev–Trinajstić information content (AvgIpc) is 2.73. The zero-order valence-corrected chi connectivity index (χ0v) is 15.7. The van der Waals surface area contributed by atoms with Gasteiger partial charge in [0.25, 0.3) is 5.91 Å². The highest BCUT2D eigenvalue weighted by molar-refractivity contribution is 5.93. The third kappa shape index (κ3) is 4.57. The highest BCUT2D eigenvalue weighted by atomic mass is 16.5. The fourth-order valence-corrected chi connectivity index (χ4v) is 3.38. The Morgan fingerprint density at radius 1 is 1.22 bits per heavy atom. The highest BCUT2D eigenvalue weighted by Gasteiger charge is 2.29. The first-order chi connectivity index (χ1) is 13.1. The summed E-state index contributed by atoms with van der Waals surface area (Å²) in [6.45, 7) is 5.58. The van der Waals surface area contributed by atoms with Gasteiger partial charge in [-0.1, -0.05) is 6.07 Å². The molecule has 0 aliphatic carbocycles. The van der Waals surface area contributed by atoms with E-state index in [2.05, 4.69) is 28.4 Å². The number of carbonyl (C=O) groups excluding carboxylic acids is 1. The van der Waals surface area contributed by atoms with Crippen LogP contribution < -0.4 is 19.9 Å². The molecule has 2 aromatic rings. The van der Waals surface area contributed by atoms with Crippen molar-refractivity contribution in [3.8, 4) is 11.8 Å². The molecule has 1 fully saturated rings. The van der Waals surface area contributed by atoms with Crippen LogP contribution in [0.2, 0.25) is 0 Å². The lowest BCUT2D eigenvalue weighted by Gasteiger charge is -2.36. The molecular weight excluding hydrogens is 340 g/mol. The van der Waals surface area contributed by atoms with Gasteiger partial charge in [0.05, 0.1) is 44.9 Å². The Morgan fingerprint density at radius 2 is 1.93 bits per heavy atom. The molecule has 1 saturated heterocycles. The van der Waals surface area contributed by atoms with Crippen molar-refractivity contribution in [1.82, 2.24) is 0 Å². The van der Waals surface area contributed by atoms with Crippen LogP contribution >= 0.6 is 0 Å². The number of carbonyl (C=O) groups is 1. The molecule has 0 aromatic heterocycles. The Labute approximate surface area is 160 Å². The van der Waals surface area contributed by atoms with Gasteiger partial charge in [-0.15, -0.1) is 0 Å². The lowest BCUT2D eigenvalue weighted by atomic mass is 10.1. The maximum Gasteiger partial charge on any atom is 0.282 e. The summed E-state index contributed by atoms with van der Waals surface area (Å²) in [4.78, 5) is 16.2. The van der Waals surface area contributed by atoms with E-state index in [1.54, 1.807) is 25.3 Å². The molecule has 0 unspecified atom stereocenters. The summed E-state index contributed by atoms with van der Waals surface area (Å²) in [6, 6.07) is 17.0. The number of nitriles is 1. The number of quaternary nitrogens is 1. The molecule has 1 amide bonds. The Kier molecular flexibility index (Phi) is 5.94. The summed E-state index contributed by atoms with van der Waals surface area (Å²) in [6.07, 6.45) is 0. The van der Waals surface area contributed by atoms with Gasteiger partial charge in [-0.25, -0.2) is 0 Å². The minimum atomic E-state index is -0.145. The van der Waals surface area contributed by atoms with Crippen molar-refractivity contribution in [3.63, 3.8) is 0 Å². The van der Waals surface area contributed by atoms with Crippen LogP contribution in [0.5, 0.6) is 5.75 Å². The number of nitrogens with one attached hydrogen (secondary N) is 2. The zero-order chi connectivity index (χ0) is 19.2. The van der Waals surface area contributed by atoms with Crippen molar-refractivity contribution in [2.45, 2.75) is 13.0 Å². The first kappa shape index (κ1) is 18.7. The predicted molar refractivity (Wildman–Crippen MR) is 105 cm³/mol. The Morgan fingerprint density at radius 3 is 2.56 bits per heavy atom. The summed E-state index contributed by atoms with van der Waals surface area (Å²) in [5.74, 6) is 0.840. The molecular formula is C21H25N4O2+. The van der Waals surface area contributed by atoms with Gasteiger partial charge >= 0.3 is 0 Å². The number of hydrogen-bond acceptors (Lipinski definition) is 4. The van der Waals surface area contributed by atoms with E-state index >= 15 is 0 Å². The largest absolute Gasteiger partial charge is 0.497 e. The van der Waals surface area contributed by atoms with Gasteiger partial charge in [-0.05, 0) is 49.4 Å². The molecule has 6 nitrogen and oxygen atoms in total. The van der Waals surface area contributed by atoms with E-state index in [-0.39, 0.29) is 11.9 Å². The van der Waals surface area contributed by atoms with E-state index in [1.165, 1.54) is 10.6 Å². The Hall–Kier alpha value is -3.04. The van der Waals surface area contributed by atoms with Crippen LogP contribution in [0.15, 0.2) is 48.5 Å². The van der Waals surface area contributed by atoms with Crippen LogP contribution in [0.3, 0.4) is 0 Å². The van der Waals surface area contributed by atoms with Gasteiger partial charge in [-0.2, -0.15) is 5.26 Å². The maximum absolute atomic E-state index is 12.6. The molecule has 0 spiro atoms. The van der Waals surface area contributed by atoms with Crippen molar-refractivity contribution in [1.29, 1.82) is 5.26 Å². The third-order valence-electron chi connectivity index (χ3n) is 5.11. The lowest BCUT2D eigenvalue weighted by Crippen LogP contribution is -3.19. The number of nitrogens with zero attached hydrogens (tertiary/aromatic N) is 2. The first-order valence-electron chi connectivity index (χ1n) is 9.15. The highest BCUT2D eigenvalue weighted by Crippen LogP contribution is 2.19. The minimum Gasteiger partial charge on any atom is -0.497 e. The van der Waals surface area contributed by atoms with Gasteiger partial charge in [-0.3, -0.25) is 4.79 Å². The summed E-state index contributed by atoms with van der Waals surface area (Å²) >= 11 is 0. The van der Waals surface area contributed by atoms with E-state index in [1.807, 2.05) is 25.1 Å². The van der Waals surface area contributed by atoms with E-state index in [9.17, 15) is 4.79 Å². The minimum absolute atomic E-state index is 0.0158. The normalized spacial score (nSPS) is 15.7. The molecule has 1 heterocycles. The van der Waals surface area contributed by atoms with Crippen molar-refractivity contribution < 1.29 is 14.4 Å². The number of hydrogen-bond donors (Lipinski definition) is 2. The first-order valence-corrected chi connectivity index (χ1v) is 9.15. The topological polar surface area (TPSA) is 69.8 Å². The number of benzene rings is 2. The number of rotatable bonds is 5. The molecule has 6 heteroatoms. The van der Waals surface area contributed by atoms with Crippen LogP contribution in [0.1, 0.15) is 12.5 Å². The lowest BCUT2D eigenvalue weighted by molar-refractivity contribution is -0.914. The molecule has 1 aliphatic rings. The van der Waals surface area contributed by atoms with Gasteiger partial charge in [0.1, 0.15) is 5.75 Å². The number of anilines is 2.